The molecule has 1 heterocycles. The standard InChI is InChI=1S/C20H19ClN2O.ClH/c21-20-7-2-1-5-17(20)15-24-19-10-8-16(9-11-19)13-22-14-18-6-3-4-12-23-18;/h1-12,22H,13-15H2;1H/p-1. The second kappa shape index (κ2) is 10.0. The molecule has 130 valence electrons. The number of nitrogens with one attached hydrogen (secondary N) is 1. The Labute approximate surface area is 159 Å². The van der Waals surface area contributed by atoms with E-state index in [9.17, 15) is 0 Å². The van der Waals surface area contributed by atoms with E-state index in [0.29, 0.717) is 6.61 Å². The number of ether oxygens (including phenoxy) is 1. The third-order valence-corrected chi connectivity index (χ3v) is 4.01. The van der Waals surface area contributed by atoms with Crippen LogP contribution >= 0.6 is 11.6 Å². The predicted octanol–water partition coefficient (Wildman–Crippen LogP) is 1.61. The fourth-order valence-corrected chi connectivity index (χ4v) is 2.51. The Hall–Kier alpha value is -2.07. The summed E-state index contributed by atoms with van der Waals surface area (Å²) in [7, 11) is 0. The molecule has 3 nitrogen and oxygen atoms in total. The number of benzene rings is 2. The van der Waals surface area contributed by atoms with Crippen LogP contribution in [-0.4, -0.2) is 4.98 Å². The zero-order valence-corrected chi connectivity index (χ0v) is 15.2. The molecule has 0 bridgehead atoms. The van der Waals surface area contributed by atoms with Crippen LogP contribution in [0.2, 0.25) is 5.02 Å². The molecule has 5 heteroatoms. The monoisotopic (exact) mass is 373 g/mol. The molecule has 0 radical (unpaired) electrons. The molecular formula is C20H19Cl2N2O-. The van der Waals surface area contributed by atoms with E-state index in [1.54, 1.807) is 0 Å². The Morgan fingerprint density at radius 2 is 1.64 bits per heavy atom. The molecule has 0 fully saturated rings. The summed E-state index contributed by atoms with van der Waals surface area (Å²) in [4.78, 5) is 4.29. The molecule has 0 atom stereocenters. The van der Waals surface area contributed by atoms with Crippen molar-refractivity contribution < 1.29 is 17.1 Å². The molecule has 0 unspecified atom stereocenters. The van der Waals surface area contributed by atoms with Crippen molar-refractivity contribution in [3.05, 3.63) is 94.8 Å². The summed E-state index contributed by atoms with van der Waals surface area (Å²) in [6, 6.07) is 21.7. The fraction of sp³-hybridized carbons (Fsp3) is 0.150. The highest BCUT2D eigenvalue weighted by molar-refractivity contribution is 6.31. The molecule has 3 aromatic rings. The van der Waals surface area contributed by atoms with Gasteiger partial charge in [0.15, 0.2) is 0 Å². The first-order valence-electron chi connectivity index (χ1n) is 7.87. The van der Waals surface area contributed by atoms with E-state index in [4.69, 9.17) is 16.3 Å². The van der Waals surface area contributed by atoms with E-state index in [0.717, 1.165) is 35.1 Å². The van der Waals surface area contributed by atoms with Gasteiger partial charge in [0.2, 0.25) is 0 Å². The maximum atomic E-state index is 6.13. The third-order valence-electron chi connectivity index (χ3n) is 3.64. The fourth-order valence-electron chi connectivity index (χ4n) is 2.32. The molecule has 1 N–H and O–H groups in total. The van der Waals surface area contributed by atoms with Gasteiger partial charge in [-0.25, -0.2) is 0 Å². The van der Waals surface area contributed by atoms with E-state index in [1.807, 2.05) is 60.8 Å². The number of hydrogen-bond acceptors (Lipinski definition) is 3. The van der Waals surface area contributed by atoms with Gasteiger partial charge in [-0.15, -0.1) is 0 Å². The van der Waals surface area contributed by atoms with Gasteiger partial charge in [-0.3, -0.25) is 4.98 Å². The Morgan fingerprint density at radius 3 is 2.36 bits per heavy atom. The maximum Gasteiger partial charge on any atom is 0.119 e. The minimum atomic E-state index is 0. The van der Waals surface area contributed by atoms with Gasteiger partial charge in [-0.2, -0.15) is 0 Å². The molecule has 0 saturated carbocycles. The second-order valence-corrected chi connectivity index (χ2v) is 5.86. The molecule has 0 amide bonds. The molecule has 1 aromatic heterocycles. The van der Waals surface area contributed by atoms with Crippen LogP contribution in [0.4, 0.5) is 0 Å². The molecule has 25 heavy (non-hydrogen) atoms. The molecule has 0 saturated heterocycles. The van der Waals surface area contributed by atoms with Gasteiger partial charge in [0.1, 0.15) is 12.4 Å². The van der Waals surface area contributed by atoms with Crippen molar-refractivity contribution in [2.24, 2.45) is 0 Å². The van der Waals surface area contributed by atoms with Crippen LogP contribution < -0.4 is 22.5 Å². The van der Waals surface area contributed by atoms with E-state index < -0.39 is 0 Å². The van der Waals surface area contributed by atoms with E-state index in [1.165, 1.54) is 5.56 Å². The Morgan fingerprint density at radius 1 is 0.880 bits per heavy atom. The summed E-state index contributed by atoms with van der Waals surface area (Å²) < 4.78 is 5.79. The van der Waals surface area contributed by atoms with Gasteiger partial charge in [-0.05, 0) is 35.9 Å². The normalized spacial score (nSPS) is 10.1. The summed E-state index contributed by atoms with van der Waals surface area (Å²) in [5.74, 6) is 0.836. The van der Waals surface area contributed by atoms with E-state index >= 15 is 0 Å². The first-order chi connectivity index (χ1) is 11.8. The maximum absolute atomic E-state index is 6.13. The summed E-state index contributed by atoms with van der Waals surface area (Å²) >= 11 is 6.13. The number of aromatic nitrogens is 1. The molecular weight excluding hydrogens is 355 g/mol. The number of halogens is 2. The lowest BCUT2D eigenvalue weighted by atomic mass is 10.2. The van der Waals surface area contributed by atoms with Crippen molar-refractivity contribution in [3.63, 3.8) is 0 Å². The Kier molecular flexibility index (Phi) is 7.74. The first-order valence-corrected chi connectivity index (χ1v) is 8.25. The lowest BCUT2D eigenvalue weighted by molar-refractivity contribution is -0.00000520. The van der Waals surface area contributed by atoms with Crippen molar-refractivity contribution in [2.45, 2.75) is 19.7 Å². The molecule has 0 aliphatic heterocycles. The van der Waals surface area contributed by atoms with Crippen LogP contribution in [-0.2, 0) is 19.7 Å². The van der Waals surface area contributed by atoms with Crippen LogP contribution in [0.3, 0.4) is 0 Å². The molecule has 2 aromatic carbocycles. The summed E-state index contributed by atoms with van der Waals surface area (Å²) in [6.45, 7) is 2.02. The summed E-state index contributed by atoms with van der Waals surface area (Å²) in [5, 5.41) is 4.11. The number of hydrogen-bond donors (Lipinski definition) is 1. The van der Waals surface area contributed by atoms with Gasteiger partial charge in [0, 0.05) is 29.9 Å². The van der Waals surface area contributed by atoms with E-state index in [-0.39, 0.29) is 12.4 Å². The minimum Gasteiger partial charge on any atom is -1.00 e. The average Bonchev–Trinajstić information content (AvgIpc) is 2.63. The second-order valence-electron chi connectivity index (χ2n) is 5.45. The Bertz CT molecular complexity index is 764. The topological polar surface area (TPSA) is 34.1 Å². The van der Waals surface area contributed by atoms with Gasteiger partial charge in [-0.1, -0.05) is 48.0 Å². The highest BCUT2D eigenvalue weighted by atomic mass is 35.5. The smallest absolute Gasteiger partial charge is 0.119 e. The van der Waals surface area contributed by atoms with Gasteiger partial charge in [0.05, 0.1) is 5.69 Å². The van der Waals surface area contributed by atoms with Crippen molar-refractivity contribution in [2.75, 3.05) is 0 Å². The largest absolute Gasteiger partial charge is 1.00 e. The van der Waals surface area contributed by atoms with Gasteiger partial charge in [0.25, 0.3) is 0 Å². The van der Waals surface area contributed by atoms with Crippen molar-refractivity contribution >= 4 is 11.6 Å². The van der Waals surface area contributed by atoms with Crippen molar-refractivity contribution in [1.29, 1.82) is 0 Å². The van der Waals surface area contributed by atoms with Crippen LogP contribution in [0.15, 0.2) is 72.9 Å². The van der Waals surface area contributed by atoms with Crippen molar-refractivity contribution in [1.82, 2.24) is 10.3 Å². The first kappa shape index (κ1) is 19.3. The third kappa shape index (κ3) is 6.05. The highest BCUT2D eigenvalue weighted by Crippen LogP contribution is 2.19. The molecule has 0 aliphatic rings. The predicted molar refractivity (Wildman–Crippen MR) is 97.0 cm³/mol. The number of rotatable bonds is 7. The zero-order chi connectivity index (χ0) is 16.6. The van der Waals surface area contributed by atoms with Gasteiger partial charge >= 0.3 is 0 Å². The Balaban J connectivity index is 0.00000225. The van der Waals surface area contributed by atoms with Crippen LogP contribution in [0.5, 0.6) is 5.75 Å². The number of pyridine rings is 1. The summed E-state index contributed by atoms with van der Waals surface area (Å²) in [6.07, 6.45) is 1.81. The molecule has 0 aliphatic carbocycles. The lowest BCUT2D eigenvalue weighted by Gasteiger charge is -2.09. The molecule has 0 spiro atoms. The van der Waals surface area contributed by atoms with Crippen LogP contribution in [0.1, 0.15) is 16.8 Å². The SMILES string of the molecule is Clc1ccccc1COc1ccc(CNCc2ccccn2)cc1.[Cl-]. The van der Waals surface area contributed by atoms with Crippen LogP contribution in [0.25, 0.3) is 0 Å². The van der Waals surface area contributed by atoms with Crippen molar-refractivity contribution in [3.8, 4) is 5.75 Å². The highest BCUT2D eigenvalue weighted by Gasteiger charge is 2.01. The average molecular weight is 374 g/mol. The minimum absolute atomic E-state index is 0. The number of nitrogens with zero attached hydrogens (tertiary/aromatic N) is 1. The molecule has 3 rings (SSSR count). The van der Waals surface area contributed by atoms with Gasteiger partial charge < -0.3 is 22.5 Å². The lowest BCUT2D eigenvalue weighted by Crippen LogP contribution is -3.00. The summed E-state index contributed by atoms with van der Waals surface area (Å²) in [5.41, 5.74) is 3.23. The zero-order valence-electron chi connectivity index (χ0n) is 13.7. The quantitative estimate of drug-likeness (QED) is 0.683. The van der Waals surface area contributed by atoms with E-state index in [2.05, 4.69) is 22.4 Å². The van der Waals surface area contributed by atoms with Crippen LogP contribution in [0, 0.1) is 0 Å².